The van der Waals surface area contributed by atoms with Gasteiger partial charge >= 0.3 is 0 Å². The number of anilines is 1. The Morgan fingerprint density at radius 1 is 1.17 bits per heavy atom. The molecule has 1 aliphatic heterocycles. The van der Waals surface area contributed by atoms with Gasteiger partial charge in [-0.2, -0.15) is 5.26 Å². The molecule has 1 saturated carbocycles. The first-order valence-corrected chi connectivity index (χ1v) is 8.93. The number of hydrogen-bond donors (Lipinski definition) is 1. The number of carbonyl (C=O) groups is 1. The van der Waals surface area contributed by atoms with Crippen LogP contribution in [0.5, 0.6) is 0 Å². The van der Waals surface area contributed by atoms with Gasteiger partial charge in [0.25, 0.3) is 0 Å². The third-order valence-electron chi connectivity index (χ3n) is 5.26. The second-order valence-electron chi connectivity index (χ2n) is 6.85. The van der Waals surface area contributed by atoms with Crippen LogP contribution in [0.15, 0.2) is 18.2 Å². The molecular weight excluding hydrogens is 305 g/mol. The summed E-state index contributed by atoms with van der Waals surface area (Å²) < 4.78 is 13.8. The minimum absolute atomic E-state index is 0.113. The number of nitriles is 1. The van der Waals surface area contributed by atoms with E-state index < -0.39 is 5.82 Å². The van der Waals surface area contributed by atoms with Crippen molar-refractivity contribution in [3.8, 4) is 6.07 Å². The second kappa shape index (κ2) is 7.65. The maximum absolute atomic E-state index is 13.8. The average molecular weight is 329 g/mol. The molecule has 1 aliphatic carbocycles. The smallest absolute Gasteiger partial charge is 0.223 e. The fourth-order valence-electron chi connectivity index (χ4n) is 3.84. The summed E-state index contributed by atoms with van der Waals surface area (Å²) in [6.45, 7) is 1.46. The largest absolute Gasteiger partial charge is 0.370 e. The van der Waals surface area contributed by atoms with E-state index in [0.29, 0.717) is 5.69 Å². The molecule has 4 nitrogen and oxygen atoms in total. The number of halogens is 1. The van der Waals surface area contributed by atoms with E-state index in [2.05, 4.69) is 5.32 Å². The predicted molar refractivity (Wildman–Crippen MR) is 91.1 cm³/mol. The van der Waals surface area contributed by atoms with E-state index in [4.69, 9.17) is 0 Å². The molecule has 1 saturated heterocycles. The van der Waals surface area contributed by atoms with Crippen LogP contribution in [0.1, 0.15) is 50.5 Å². The Bertz CT molecular complexity index is 626. The Morgan fingerprint density at radius 2 is 1.88 bits per heavy atom. The number of nitrogens with zero attached hydrogens (tertiary/aromatic N) is 2. The van der Waals surface area contributed by atoms with Crippen molar-refractivity contribution in [1.82, 2.24) is 5.32 Å². The van der Waals surface area contributed by atoms with Gasteiger partial charge in [-0.1, -0.05) is 25.3 Å². The number of hydrogen-bond acceptors (Lipinski definition) is 3. The first-order chi connectivity index (χ1) is 11.7. The molecule has 1 heterocycles. The highest BCUT2D eigenvalue weighted by Gasteiger charge is 2.26. The van der Waals surface area contributed by atoms with Gasteiger partial charge in [0.15, 0.2) is 0 Å². The molecule has 1 N–H and O–H groups in total. The molecule has 1 aromatic carbocycles. The summed E-state index contributed by atoms with van der Waals surface area (Å²) in [4.78, 5) is 14.4. The van der Waals surface area contributed by atoms with Crippen LogP contribution in [0, 0.1) is 23.1 Å². The van der Waals surface area contributed by atoms with Crippen molar-refractivity contribution in [2.75, 3.05) is 18.0 Å². The summed E-state index contributed by atoms with van der Waals surface area (Å²) in [7, 11) is 0. The minimum atomic E-state index is -0.470. The van der Waals surface area contributed by atoms with Crippen molar-refractivity contribution in [2.24, 2.45) is 5.92 Å². The van der Waals surface area contributed by atoms with Crippen LogP contribution >= 0.6 is 0 Å². The third kappa shape index (κ3) is 3.69. The second-order valence-corrected chi connectivity index (χ2v) is 6.85. The molecule has 0 unspecified atom stereocenters. The van der Waals surface area contributed by atoms with Crippen molar-refractivity contribution in [3.63, 3.8) is 0 Å². The lowest BCUT2D eigenvalue weighted by Gasteiger charge is -2.35. The highest BCUT2D eigenvalue weighted by atomic mass is 19.1. The van der Waals surface area contributed by atoms with Crippen molar-refractivity contribution in [1.29, 1.82) is 5.26 Å². The highest BCUT2D eigenvalue weighted by molar-refractivity contribution is 5.79. The van der Waals surface area contributed by atoms with E-state index in [9.17, 15) is 14.4 Å². The van der Waals surface area contributed by atoms with E-state index >= 15 is 0 Å². The summed E-state index contributed by atoms with van der Waals surface area (Å²) in [6, 6.07) is 6.90. The van der Waals surface area contributed by atoms with E-state index in [1.807, 2.05) is 11.0 Å². The summed E-state index contributed by atoms with van der Waals surface area (Å²) >= 11 is 0. The van der Waals surface area contributed by atoms with E-state index in [-0.39, 0.29) is 23.4 Å². The number of piperidine rings is 1. The van der Waals surface area contributed by atoms with Crippen LogP contribution in [0.4, 0.5) is 10.1 Å². The fourth-order valence-corrected chi connectivity index (χ4v) is 3.84. The molecule has 1 aromatic rings. The SMILES string of the molecule is N#Cc1c(F)cccc1N1CCC(NC(=O)C2CCCCC2)CC1. The molecule has 2 aliphatic rings. The Hall–Kier alpha value is -2.09. The molecule has 1 amide bonds. The Labute approximate surface area is 142 Å². The summed E-state index contributed by atoms with van der Waals surface area (Å²) in [5.74, 6) is -0.0791. The Kier molecular flexibility index (Phi) is 5.34. The summed E-state index contributed by atoms with van der Waals surface area (Å²) in [5.41, 5.74) is 0.775. The van der Waals surface area contributed by atoms with Gasteiger partial charge in [0.05, 0.1) is 5.69 Å². The first-order valence-electron chi connectivity index (χ1n) is 8.93. The fraction of sp³-hybridized carbons (Fsp3) is 0.579. The molecule has 0 bridgehead atoms. The molecule has 0 aromatic heterocycles. The molecule has 2 fully saturated rings. The third-order valence-corrected chi connectivity index (χ3v) is 5.26. The zero-order valence-corrected chi connectivity index (χ0v) is 13.9. The normalized spacial score (nSPS) is 19.8. The average Bonchev–Trinajstić information content (AvgIpc) is 2.63. The zero-order valence-electron chi connectivity index (χ0n) is 13.9. The minimum Gasteiger partial charge on any atom is -0.370 e. The molecule has 24 heavy (non-hydrogen) atoms. The lowest BCUT2D eigenvalue weighted by atomic mass is 9.88. The van der Waals surface area contributed by atoms with Crippen molar-refractivity contribution in [2.45, 2.75) is 51.0 Å². The van der Waals surface area contributed by atoms with Gasteiger partial charge < -0.3 is 10.2 Å². The molecule has 0 atom stereocenters. The number of rotatable bonds is 3. The number of benzene rings is 1. The molecule has 0 radical (unpaired) electrons. The molecule has 0 spiro atoms. The van der Waals surface area contributed by atoms with Crippen LogP contribution < -0.4 is 10.2 Å². The van der Waals surface area contributed by atoms with Crippen molar-refractivity contribution < 1.29 is 9.18 Å². The summed E-state index contributed by atoms with van der Waals surface area (Å²) in [6.07, 6.45) is 7.26. The molecule has 128 valence electrons. The van der Waals surface area contributed by atoms with Gasteiger partial charge in [-0.25, -0.2) is 4.39 Å². The number of nitrogens with one attached hydrogen (secondary N) is 1. The number of amides is 1. The maximum atomic E-state index is 13.8. The number of carbonyl (C=O) groups excluding carboxylic acids is 1. The van der Waals surface area contributed by atoms with Crippen LogP contribution in [-0.2, 0) is 4.79 Å². The van der Waals surface area contributed by atoms with Gasteiger partial charge in [-0.3, -0.25) is 4.79 Å². The van der Waals surface area contributed by atoms with Gasteiger partial charge in [0, 0.05) is 25.0 Å². The van der Waals surface area contributed by atoms with Gasteiger partial charge in [-0.15, -0.1) is 0 Å². The lowest BCUT2D eigenvalue weighted by Crippen LogP contribution is -2.46. The quantitative estimate of drug-likeness (QED) is 0.925. The summed E-state index contributed by atoms with van der Waals surface area (Å²) in [5, 5.41) is 12.4. The van der Waals surface area contributed by atoms with Gasteiger partial charge in [-0.05, 0) is 37.8 Å². The van der Waals surface area contributed by atoms with Crippen LogP contribution in [0.2, 0.25) is 0 Å². The van der Waals surface area contributed by atoms with E-state index in [1.165, 1.54) is 12.5 Å². The van der Waals surface area contributed by atoms with E-state index in [1.54, 1.807) is 12.1 Å². The van der Waals surface area contributed by atoms with Crippen molar-refractivity contribution in [3.05, 3.63) is 29.6 Å². The van der Waals surface area contributed by atoms with Gasteiger partial charge in [0.2, 0.25) is 5.91 Å². The van der Waals surface area contributed by atoms with Crippen LogP contribution in [-0.4, -0.2) is 25.0 Å². The lowest BCUT2D eigenvalue weighted by molar-refractivity contribution is -0.126. The predicted octanol–water partition coefficient (Wildman–Crippen LogP) is 3.36. The monoisotopic (exact) mass is 329 g/mol. The Balaban J connectivity index is 1.55. The zero-order chi connectivity index (χ0) is 16.9. The van der Waals surface area contributed by atoms with Crippen molar-refractivity contribution >= 4 is 11.6 Å². The van der Waals surface area contributed by atoms with E-state index in [0.717, 1.165) is 51.6 Å². The Morgan fingerprint density at radius 3 is 2.54 bits per heavy atom. The molecular formula is C19H24FN3O. The maximum Gasteiger partial charge on any atom is 0.223 e. The topological polar surface area (TPSA) is 56.1 Å². The standard InChI is InChI=1S/C19H24FN3O/c20-17-7-4-8-18(16(17)13-21)23-11-9-15(10-12-23)22-19(24)14-5-2-1-3-6-14/h4,7-8,14-15H,1-3,5-6,9-12H2,(H,22,24). The van der Waals surface area contributed by atoms with Gasteiger partial charge in [0.1, 0.15) is 17.4 Å². The van der Waals surface area contributed by atoms with Crippen LogP contribution in [0.25, 0.3) is 0 Å². The van der Waals surface area contributed by atoms with Crippen LogP contribution in [0.3, 0.4) is 0 Å². The molecule has 5 heteroatoms. The first kappa shape index (κ1) is 16.8. The highest BCUT2D eigenvalue weighted by Crippen LogP contribution is 2.27. The molecule has 3 rings (SSSR count).